The molecule has 1 saturated heterocycles. The summed E-state index contributed by atoms with van der Waals surface area (Å²) in [6.45, 7) is 8.73. The predicted octanol–water partition coefficient (Wildman–Crippen LogP) is 2.66. The first-order chi connectivity index (χ1) is 13.8. The van der Waals surface area contributed by atoms with Crippen molar-refractivity contribution in [3.8, 4) is 0 Å². The molecular formula is C22H24N2O5. The Bertz CT molecular complexity index is 1220. The number of amides is 2. The van der Waals surface area contributed by atoms with Crippen LogP contribution >= 0.6 is 0 Å². The van der Waals surface area contributed by atoms with Crippen LogP contribution in [0.1, 0.15) is 34.4 Å². The fraction of sp³-hybridized carbons (Fsp3) is 0.409. The highest BCUT2D eigenvalue weighted by molar-refractivity contribution is 6.00. The van der Waals surface area contributed by atoms with Gasteiger partial charge in [0.25, 0.3) is 0 Å². The van der Waals surface area contributed by atoms with Crippen LogP contribution in [0.3, 0.4) is 0 Å². The standard InChI is InChI=1S/C22H24N2O5/c1-11-14(4)28-20-13(3)21-17(9-16(11)20)12(2)15(22(27)29-21)5-6-19(26)24-8-7-23-18(25)10-24/h9H,5-8,10H2,1-4H3,(H,23,25). The van der Waals surface area contributed by atoms with Crippen LogP contribution in [-0.4, -0.2) is 36.3 Å². The summed E-state index contributed by atoms with van der Waals surface area (Å²) in [5.74, 6) is 0.553. The second-order valence-electron chi connectivity index (χ2n) is 7.70. The number of rotatable bonds is 3. The molecule has 1 aromatic carbocycles. The number of hydrogen-bond donors (Lipinski definition) is 1. The normalized spacial score (nSPS) is 14.6. The van der Waals surface area contributed by atoms with Crippen LogP contribution in [0.25, 0.3) is 21.9 Å². The molecule has 3 heterocycles. The van der Waals surface area contributed by atoms with Gasteiger partial charge in [-0.05, 0) is 51.3 Å². The van der Waals surface area contributed by atoms with E-state index in [1.165, 1.54) is 4.90 Å². The molecule has 0 radical (unpaired) electrons. The molecule has 1 aliphatic rings. The zero-order chi connectivity index (χ0) is 20.9. The van der Waals surface area contributed by atoms with Crippen LogP contribution < -0.4 is 10.9 Å². The molecule has 0 unspecified atom stereocenters. The van der Waals surface area contributed by atoms with Gasteiger partial charge in [0.05, 0.1) is 6.54 Å². The van der Waals surface area contributed by atoms with Crippen LogP contribution in [0.4, 0.5) is 0 Å². The maximum Gasteiger partial charge on any atom is 0.339 e. The average molecular weight is 396 g/mol. The van der Waals surface area contributed by atoms with E-state index in [4.69, 9.17) is 8.83 Å². The van der Waals surface area contributed by atoms with Crippen molar-refractivity contribution in [2.75, 3.05) is 19.6 Å². The SMILES string of the molecule is Cc1oc2c(C)c3oc(=O)c(CCC(=O)N4CCNC(=O)C4)c(C)c3cc2c1C. The molecular weight excluding hydrogens is 372 g/mol. The lowest BCUT2D eigenvalue weighted by atomic mass is 9.98. The van der Waals surface area contributed by atoms with Gasteiger partial charge in [-0.25, -0.2) is 4.79 Å². The number of benzene rings is 1. The average Bonchev–Trinajstić information content (AvgIpc) is 2.97. The summed E-state index contributed by atoms with van der Waals surface area (Å²) in [4.78, 5) is 38.2. The molecule has 29 heavy (non-hydrogen) atoms. The number of fused-ring (bicyclic) bond motifs is 2. The Kier molecular flexibility index (Phi) is 4.68. The summed E-state index contributed by atoms with van der Waals surface area (Å²) in [6, 6.07) is 2.00. The van der Waals surface area contributed by atoms with Gasteiger partial charge in [0.15, 0.2) is 0 Å². The number of nitrogens with zero attached hydrogens (tertiary/aromatic N) is 1. The molecule has 0 bridgehead atoms. The fourth-order valence-corrected chi connectivity index (χ4v) is 4.02. The van der Waals surface area contributed by atoms with Crippen LogP contribution in [0.15, 0.2) is 19.7 Å². The van der Waals surface area contributed by atoms with Crippen molar-refractivity contribution in [1.82, 2.24) is 10.2 Å². The van der Waals surface area contributed by atoms with E-state index < -0.39 is 5.63 Å². The number of nitrogens with one attached hydrogen (secondary N) is 1. The molecule has 3 aromatic rings. The number of hydrogen-bond acceptors (Lipinski definition) is 5. The highest BCUT2D eigenvalue weighted by Gasteiger charge is 2.23. The highest BCUT2D eigenvalue weighted by Crippen LogP contribution is 2.34. The summed E-state index contributed by atoms with van der Waals surface area (Å²) < 4.78 is 11.5. The maximum absolute atomic E-state index is 12.7. The topological polar surface area (TPSA) is 92.8 Å². The molecule has 7 heteroatoms. The monoisotopic (exact) mass is 396 g/mol. The van der Waals surface area contributed by atoms with E-state index in [-0.39, 0.29) is 31.2 Å². The van der Waals surface area contributed by atoms with Crippen molar-refractivity contribution >= 4 is 33.8 Å². The maximum atomic E-state index is 12.7. The number of carbonyl (C=O) groups excluding carboxylic acids is 2. The molecule has 0 saturated carbocycles. The van der Waals surface area contributed by atoms with E-state index in [2.05, 4.69) is 5.32 Å². The molecule has 0 spiro atoms. The highest BCUT2D eigenvalue weighted by atomic mass is 16.4. The first kappa shape index (κ1) is 19.2. The first-order valence-corrected chi connectivity index (χ1v) is 9.78. The van der Waals surface area contributed by atoms with Gasteiger partial charge in [0, 0.05) is 41.4 Å². The number of furan rings is 1. The summed E-state index contributed by atoms with van der Waals surface area (Å²) in [5, 5.41) is 4.56. The minimum atomic E-state index is -0.429. The smallest absolute Gasteiger partial charge is 0.339 e. The Morgan fingerprint density at radius 1 is 1.03 bits per heavy atom. The van der Waals surface area contributed by atoms with E-state index in [1.54, 1.807) is 0 Å². The largest absolute Gasteiger partial charge is 0.461 e. The van der Waals surface area contributed by atoms with Gasteiger partial charge < -0.3 is 19.1 Å². The van der Waals surface area contributed by atoms with Crippen molar-refractivity contribution in [3.63, 3.8) is 0 Å². The fourth-order valence-electron chi connectivity index (χ4n) is 4.02. The Labute approximate surface area is 167 Å². The first-order valence-electron chi connectivity index (χ1n) is 9.78. The van der Waals surface area contributed by atoms with Gasteiger partial charge in [-0.3, -0.25) is 9.59 Å². The summed E-state index contributed by atoms with van der Waals surface area (Å²) >= 11 is 0. The molecule has 2 aromatic heterocycles. The third-order valence-electron chi connectivity index (χ3n) is 5.92. The van der Waals surface area contributed by atoms with Crippen molar-refractivity contribution in [3.05, 3.63) is 44.5 Å². The summed E-state index contributed by atoms with van der Waals surface area (Å²) in [7, 11) is 0. The van der Waals surface area contributed by atoms with E-state index >= 15 is 0 Å². The van der Waals surface area contributed by atoms with Crippen molar-refractivity contribution in [1.29, 1.82) is 0 Å². The number of carbonyl (C=O) groups is 2. The van der Waals surface area contributed by atoms with Crippen molar-refractivity contribution in [2.24, 2.45) is 0 Å². The van der Waals surface area contributed by atoms with E-state index in [0.717, 1.165) is 38.8 Å². The van der Waals surface area contributed by atoms with Gasteiger partial charge in [0.1, 0.15) is 16.9 Å². The molecule has 1 aliphatic heterocycles. The molecule has 4 rings (SSSR count). The predicted molar refractivity (Wildman–Crippen MR) is 109 cm³/mol. The zero-order valence-corrected chi connectivity index (χ0v) is 17.1. The lowest BCUT2D eigenvalue weighted by Crippen LogP contribution is -2.50. The quantitative estimate of drug-likeness (QED) is 0.687. The van der Waals surface area contributed by atoms with Gasteiger partial charge >= 0.3 is 5.63 Å². The van der Waals surface area contributed by atoms with Crippen molar-refractivity contribution in [2.45, 2.75) is 40.5 Å². The Balaban J connectivity index is 1.70. The van der Waals surface area contributed by atoms with Gasteiger partial charge in [-0.15, -0.1) is 0 Å². The van der Waals surface area contributed by atoms with Crippen LogP contribution in [0, 0.1) is 27.7 Å². The minimum Gasteiger partial charge on any atom is -0.461 e. The van der Waals surface area contributed by atoms with Crippen LogP contribution in [0.2, 0.25) is 0 Å². The molecule has 152 valence electrons. The summed E-state index contributed by atoms with van der Waals surface area (Å²) in [5.41, 5.74) is 4.03. The molecule has 7 nitrogen and oxygen atoms in total. The second-order valence-corrected chi connectivity index (χ2v) is 7.70. The Hall–Kier alpha value is -3.09. The van der Waals surface area contributed by atoms with E-state index in [0.29, 0.717) is 24.2 Å². The van der Waals surface area contributed by atoms with Gasteiger partial charge in [0.2, 0.25) is 11.8 Å². The van der Waals surface area contributed by atoms with E-state index in [9.17, 15) is 14.4 Å². The molecule has 0 atom stereocenters. The Morgan fingerprint density at radius 3 is 2.45 bits per heavy atom. The molecule has 1 N–H and O–H groups in total. The van der Waals surface area contributed by atoms with Gasteiger partial charge in [-0.2, -0.15) is 0 Å². The number of piperazine rings is 1. The van der Waals surface area contributed by atoms with Crippen LogP contribution in [0.5, 0.6) is 0 Å². The van der Waals surface area contributed by atoms with Gasteiger partial charge in [-0.1, -0.05) is 0 Å². The zero-order valence-electron chi connectivity index (χ0n) is 17.1. The molecule has 2 amide bonds. The summed E-state index contributed by atoms with van der Waals surface area (Å²) in [6.07, 6.45) is 0.441. The minimum absolute atomic E-state index is 0.0699. The Morgan fingerprint density at radius 2 is 1.72 bits per heavy atom. The van der Waals surface area contributed by atoms with E-state index in [1.807, 2.05) is 33.8 Å². The second kappa shape index (κ2) is 7.06. The van der Waals surface area contributed by atoms with Crippen LogP contribution in [-0.2, 0) is 16.0 Å². The lowest BCUT2D eigenvalue weighted by Gasteiger charge is -2.26. The third kappa shape index (κ3) is 3.20. The lowest BCUT2D eigenvalue weighted by molar-refractivity contribution is -0.138. The number of aryl methyl sites for hydroxylation is 4. The van der Waals surface area contributed by atoms with Crippen molar-refractivity contribution < 1.29 is 18.4 Å². The third-order valence-corrected chi connectivity index (χ3v) is 5.92. The molecule has 1 fully saturated rings. The molecule has 0 aliphatic carbocycles.